The van der Waals surface area contributed by atoms with Crippen molar-refractivity contribution in [3.63, 3.8) is 0 Å². The maximum atomic E-state index is 12.5. The third-order valence-electron chi connectivity index (χ3n) is 8.35. The zero-order valence-corrected chi connectivity index (χ0v) is 27.8. The lowest BCUT2D eigenvalue weighted by molar-refractivity contribution is -0.151. The fourth-order valence-electron chi connectivity index (χ4n) is 5.63. The van der Waals surface area contributed by atoms with Crippen LogP contribution in [0.2, 0.25) is 0 Å². The van der Waals surface area contributed by atoms with Gasteiger partial charge in [-0.3, -0.25) is 4.79 Å². The summed E-state index contributed by atoms with van der Waals surface area (Å²) in [6.45, 7) is 6.52. The van der Waals surface area contributed by atoms with Gasteiger partial charge in [0.2, 0.25) is 5.91 Å². The molecule has 0 aliphatic rings. The van der Waals surface area contributed by atoms with Crippen LogP contribution in [0, 0.1) is 0 Å². The van der Waals surface area contributed by atoms with Gasteiger partial charge < -0.3 is 15.2 Å². The Labute approximate surface area is 255 Å². The van der Waals surface area contributed by atoms with Gasteiger partial charge in [0.25, 0.3) is 0 Å². The molecule has 0 bridgehead atoms. The SMILES string of the molecule is CCCCCCCCCCCCCCCC(=O)N[C@@H](C(=O)OCC)[C@H](O)CCCCCCCCCCCCCCC. The van der Waals surface area contributed by atoms with Gasteiger partial charge in [-0.2, -0.15) is 0 Å². The molecule has 0 radical (unpaired) electrons. The molecular weight excluding hydrogens is 510 g/mol. The number of carbonyl (C=O) groups is 2. The van der Waals surface area contributed by atoms with Crippen LogP contribution in [-0.2, 0) is 14.3 Å². The minimum atomic E-state index is -0.957. The summed E-state index contributed by atoms with van der Waals surface area (Å²) in [7, 11) is 0. The second kappa shape index (κ2) is 31.8. The molecule has 0 aromatic heterocycles. The third-order valence-corrected chi connectivity index (χ3v) is 8.35. The number of ether oxygens (including phenoxy) is 1. The summed E-state index contributed by atoms with van der Waals surface area (Å²) in [5.41, 5.74) is 0. The second-order valence-corrected chi connectivity index (χ2v) is 12.4. The van der Waals surface area contributed by atoms with Gasteiger partial charge in [-0.25, -0.2) is 4.79 Å². The van der Waals surface area contributed by atoms with Gasteiger partial charge >= 0.3 is 5.97 Å². The Morgan fingerprint density at radius 1 is 0.537 bits per heavy atom. The van der Waals surface area contributed by atoms with Crippen molar-refractivity contribution in [2.75, 3.05) is 6.61 Å². The van der Waals surface area contributed by atoms with Crippen LogP contribution in [0.5, 0.6) is 0 Å². The standard InChI is InChI=1S/C36H71NO4/c1-4-7-9-11-13-15-17-19-21-23-25-27-29-31-33(38)35(36(40)41-6-3)37-34(39)32-30-28-26-24-22-20-18-16-14-12-10-8-5-2/h33,35,38H,4-32H2,1-3H3,(H,37,39)/t33-,35-/m1/s1. The molecule has 0 aliphatic carbocycles. The van der Waals surface area contributed by atoms with Gasteiger partial charge in [0.1, 0.15) is 0 Å². The monoisotopic (exact) mass is 582 g/mol. The average Bonchev–Trinajstić information content (AvgIpc) is 2.96. The van der Waals surface area contributed by atoms with E-state index in [1.165, 1.54) is 135 Å². The fourth-order valence-corrected chi connectivity index (χ4v) is 5.63. The van der Waals surface area contributed by atoms with E-state index < -0.39 is 18.1 Å². The molecule has 0 fully saturated rings. The van der Waals surface area contributed by atoms with Crippen LogP contribution in [0.25, 0.3) is 0 Å². The molecule has 0 aromatic carbocycles. The maximum Gasteiger partial charge on any atom is 0.331 e. The molecular formula is C36H71NO4. The first kappa shape index (κ1) is 39.9. The lowest BCUT2D eigenvalue weighted by Crippen LogP contribution is -2.49. The topological polar surface area (TPSA) is 75.6 Å². The molecule has 41 heavy (non-hydrogen) atoms. The summed E-state index contributed by atoms with van der Waals surface area (Å²) in [4.78, 5) is 25.0. The first-order chi connectivity index (χ1) is 20.1. The number of amides is 1. The van der Waals surface area contributed by atoms with Crippen molar-refractivity contribution >= 4 is 11.9 Å². The third kappa shape index (κ3) is 27.5. The number of aliphatic hydroxyl groups is 1. The van der Waals surface area contributed by atoms with E-state index in [4.69, 9.17) is 4.74 Å². The van der Waals surface area contributed by atoms with Crippen LogP contribution < -0.4 is 5.32 Å². The van der Waals surface area contributed by atoms with E-state index in [0.717, 1.165) is 32.1 Å². The van der Waals surface area contributed by atoms with Crippen LogP contribution in [0.15, 0.2) is 0 Å². The molecule has 1 amide bonds. The molecule has 2 N–H and O–H groups in total. The van der Waals surface area contributed by atoms with Gasteiger partial charge in [-0.05, 0) is 19.8 Å². The first-order valence-electron chi connectivity index (χ1n) is 18.2. The van der Waals surface area contributed by atoms with E-state index in [-0.39, 0.29) is 12.5 Å². The highest BCUT2D eigenvalue weighted by atomic mass is 16.5. The number of nitrogens with one attached hydrogen (secondary N) is 1. The fraction of sp³-hybridized carbons (Fsp3) is 0.944. The Hall–Kier alpha value is -1.10. The first-order valence-corrected chi connectivity index (χ1v) is 18.2. The lowest BCUT2D eigenvalue weighted by atomic mass is 10.0. The van der Waals surface area contributed by atoms with Gasteiger partial charge in [-0.15, -0.1) is 0 Å². The predicted octanol–water partition coefficient (Wildman–Crippen LogP) is 10.4. The Balaban J connectivity index is 3.91. The summed E-state index contributed by atoms with van der Waals surface area (Å²) in [6, 6.07) is -0.957. The summed E-state index contributed by atoms with van der Waals surface area (Å²) < 4.78 is 5.15. The Bertz CT molecular complexity index is 568. The number of esters is 1. The summed E-state index contributed by atoms with van der Waals surface area (Å²) in [5.74, 6) is -0.677. The zero-order valence-electron chi connectivity index (χ0n) is 27.8. The highest BCUT2D eigenvalue weighted by Gasteiger charge is 2.29. The van der Waals surface area contributed by atoms with Crippen molar-refractivity contribution in [2.45, 2.75) is 213 Å². The van der Waals surface area contributed by atoms with Crippen LogP contribution in [0.1, 0.15) is 201 Å². The average molecular weight is 582 g/mol. The van der Waals surface area contributed by atoms with Crippen molar-refractivity contribution in [2.24, 2.45) is 0 Å². The van der Waals surface area contributed by atoms with Crippen molar-refractivity contribution < 1.29 is 19.4 Å². The quantitative estimate of drug-likeness (QED) is 0.0612. The van der Waals surface area contributed by atoms with E-state index in [2.05, 4.69) is 19.2 Å². The number of hydrogen-bond donors (Lipinski definition) is 2. The molecule has 5 heteroatoms. The molecule has 0 spiro atoms. The van der Waals surface area contributed by atoms with E-state index in [1.54, 1.807) is 6.92 Å². The summed E-state index contributed by atoms with van der Waals surface area (Å²) in [6.07, 6.45) is 33.0. The van der Waals surface area contributed by atoms with Crippen molar-refractivity contribution in [1.29, 1.82) is 0 Å². The van der Waals surface area contributed by atoms with Gasteiger partial charge in [-0.1, -0.05) is 174 Å². The van der Waals surface area contributed by atoms with E-state index in [0.29, 0.717) is 12.8 Å². The molecule has 5 nitrogen and oxygen atoms in total. The van der Waals surface area contributed by atoms with E-state index in [9.17, 15) is 14.7 Å². The Kier molecular flexibility index (Phi) is 31.0. The molecule has 0 saturated carbocycles. The highest BCUT2D eigenvalue weighted by molar-refractivity contribution is 5.84. The molecule has 2 atom stereocenters. The minimum Gasteiger partial charge on any atom is -0.464 e. The van der Waals surface area contributed by atoms with Gasteiger partial charge in [0.05, 0.1) is 12.7 Å². The maximum absolute atomic E-state index is 12.5. The van der Waals surface area contributed by atoms with E-state index >= 15 is 0 Å². The zero-order chi connectivity index (χ0) is 30.2. The van der Waals surface area contributed by atoms with Crippen LogP contribution in [0.4, 0.5) is 0 Å². The van der Waals surface area contributed by atoms with Crippen molar-refractivity contribution in [1.82, 2.24) is 5.32 Å². The summed E-state index contributed by atoms with van der Waals surface area (Å²) >= 11 is 0. The lowest BCUT2D eigenvalue weighted by Gasteiger charge is -2.22. The highest BCUT2D eigenvalue weighted by Crippen LogP contribution is 2.16. The second-order valence-electron chi connectivity index (χ2n) is 12.4. The van der Waals surface area contributed by atoms with Gasteiger partial charge in [0.15, 0.2) is 6.04 Å². The molecule has 0 saturated heterocycles. The Morgan fingerprint density at radius 3 is 1.24 bits per heavy atom. The number of carbonyl (C=O) groups excluding carboxylic acids is 2. The van der Waals surface area contributed by atoms with Crippen molar-refractivity contribution in [3.8, 4) is 0 Å². The Morgan fingerprint density at radius 2 is 0.878 bits per heavy atom. The number of hydrogen-bond acceptors (Lipinski definition) is 4. The molecule has 0 aromatic rings. The molecule has 0 aliphatic heterocycles. The molecule has 0 unspecified atom stereocenters. The van der Waals surface area contributed by atoms with Crippen LogP contribution in [-0.4, -0.2) is 35.7 Å². The summed E-state index contributed by atoms with van der Waals surface area (Å²) in [5, 5.41) is 13.5. The molecule has 244 valence electrons. The van der Waals surface area contributed by atoms with Crippen LogP contribution in [0.3, 0.4) is 0 Å². The number of rotatable bonds is 32. The number of unbranched alkanes of at least 4 members (excludes halogenated alkanes) is 24. The smallest absolute Gasteiger partial charge is 0.331 e. The minimum absolute atomic E-state index is 0.157. The molecule has 0 heterocycles. The van der Waals surface area contributed by atoms with Crippen LogP contribution >= 0.6 is 0 Å². The largest absolute Gasteiger partial charge is 0.464 e. The number of aliphatic hydroxyl groups excluding tert-OH is 1. The van der Waals surface area contributed by atoms with Gasteiger partial charge in [0, 0.05) is 6.42 Å². The van der Waals surface area contributed by atoms with Crippen molar-refractivity contribution in [3.05, 3.63) is 0 Å². The molecule has 0 rings (SSSR count). The normalized spacial score (nSPS) is 12.8. The van der Waals surface area contributed by atoms with E-state index in [1.807, 2.05) is 0 Å². The predicted molar refractivity (Wildman–Crippen MR) is 175 cm³/mol.